The molecule has 0 amide bonds. The Kier molecular flexibility index (Phi) is 6.12. The van der Waals surface area contributed by atoms with Crippen LogP contribution in [0.3, 0.4) is 0 Å². The average Bonchev–Trinajstić information content (AvgIpc) is 3.01. The van der Waals surface area contributed by atoms with E-state index in [4.69, 9.17) is 9.47 Å². The molecule has 30 heavy (non-hydrogen) atoms. The van der Waals surface area contributed by atoms with Crippen molar-refractivity contribution in [2.45, 2.75) is 0 Å². The van der Waals surface area contributed by atoms with Crippen molar-refractivity contribution in [2.24, 2.45) is 0 Å². The number of nitrogens with zero attached hydrogens (tertiary/aromatic N) is 1. The van der Waals surface area contributed by atoms with E-state index in [1.165, 1.54) is 31.3 Å². The van der Waals surface area contributed by atoms with Crippen LogP contribution in [0.25, 0.3) is 11.1 Å². The molecule has 7 nitrogen and oxygen atoms in total. The lowest BCUT2D eigenvalue weighted by Crippen LogP contribution is -2.26. The molecule has 1 heterocycles. The van der Waals surface area contributed by atoms with Gasteiger partial charge >= 0.3 is 17.9 Å². The molecule has 152 valence electrons. The molecule has 0 saturated carbocycles. The second-order valence-corrected chi connectivity index (χ2v) is 6.21. The first-order chi connectivity index (χ1) is 14.5. The van der Waals surface area contributed by atoms with Crippen LogP contribution in [0.2, 0.25) is 0 Å². The number of carboxylic acid groups (broad SMARTS) is 1. The number of carbonyl (C=O) groups is 3. The van der Waals surface area contributed by atoms with E-state index in [-0.39, 0.29) is 16.8 Å². The van der Waals surface area contributed by atoms with Gasteiger partial charge in [0.05, 0.1) is 25.4 Å². The minimum atomic E-state index is -1.02. The van der Waals surface area contributed by atoms with Crippen molar-refractivity contribution in [3.8, 4) is 11.1 Å². The Labute approximate surface area is 173 Å². The fourth-order valence-corrected chi connectivity index (χ4v) is 3.09. The van der Waals surface area contributed by atoms with Gasteiger partial charge in [0.2, 0.25) is 0 Å². The van der Waals surface area contributed by atoms with Crippen LogP contribution >= 0.6 is 0 Å². The zero-order valence-electron chi connectivity index (χ0n) is 16.4. The van der Waals surface area contributed by atoms with Crippen LogP contribution in [-0.2, 0) is 19.1 Å². The number of carbonyl (C=O) groups excluding carboxylic acids is 2. The normalized spacial score (nSPS) is 13.1. The highest BCUT2D eigenvalue weighted by molar-refractivity contribution is 6.05. The van der Waals surface area contributed by atoms with Gasteiger partial charge in [0.25, 0.3) is 0 Å². The number of aromatic carboxylic acids is 1. The minimum absolute atomic E-state index is 0.00744. The van der Waals surface area contributed by atoms with Crippen LogP contribution in [0.5, 0.6) is 0 Å². The maximum atomic E-state index is 12.5. The summed E-state index contributed by atoms with van der Waals surface area (Å²) < 4.78 is 9.68. The van der Waals surface area contributed by atoms with E-state index in [1.54, 1.807) is 60.8 Å². The Bertz CT molecular complexity index is 1080. The number of methoxy groups -OCH3 is 2. The zero-order chi connectivity index (χ0) is 21.7. The SMILES string of the molecule is COC(=O)C1=C(C(=O)OC)N(c2ccc(-c3ccccc3C(=O)O)cc2)C=CC=C1. The fourth-order valence-electron chi connectivity index (χ4n) is 3.09. The van der Waals surface area contributed by atoms with Gasteiger partial charge in [0.15, 0.2) is 0 Å². The Morgan fingerprint density at radius 3 is 2.17 bits per heavy atom. The molecular weight excluding hydrogens is 386 g/mol. The van der Waals surface area contributed by atoms with Crippen molar-refractivity contribution in [3.63, 3.8) is 0 Å². The molecule has 7 heteroatoms. The molecule has 0 unspecified atom stereocenters. The molecule has 0 aromatic heterocycles. The van der Waals surface area contributed by atoms with Crippen molar-refractivity contribution in [2.75, 3.05) is 19.1 Å². The lowest BCUT2D eigenvalue weighted by Gasteiger charge is -2.23. The Hall–Kier alpha value is -4.13. The lowest BCUT2D eigenvalue weighted by molar-refractivity contribution is -0.139. The molecule has 0 radical (unpaired) electrons. The Morgan fingerprint density at radius 2 is 1.53 bits per heavy atom. The highest BCUT2D eigenvalue weighted by Gasteiger charge is 2.27. The highest BCUT2D eigenvalue weighted by atomic mass is 16.5. The fraction of sp³-hybridized carbons (Fsp3) is 0.0870. The summed E-state index contributed by atoms with van der Waals surface area (Å²) in [6.45, 7) is 0. The number of carboxylic acids is 1. The molecule has 0 spiro atoms. The van der Waals surface area contributed by atoms with Crippen LogP contribution in [0.15, 0.2) is 84.2 Å². The summed E-state index contributed by atoms with van der Waals surface area (Å²) in [6, 6.07) is 13.6. The van der Waals surface area contributed by atoms with Crippen molar-refractivity contribution < 1.29 is 29.0 Å². The standard InChI is InChI=1S/C23H19NO6/c1-29-22(27)19-9-5-6-14-24(20(19)23(28)30-2)16-12-10-15(11-13-16)17-7-3-4-8-18(17)21(25)26/h3-14H,1-2H3,(H,25,26). The minimum Gasteiger partial charge on any atom is -0.478 e. The van der Waals surface area contributed by atoms with E-state index >= 15 is 0 Å². The molecule has 1 aliphatic rings. The third kappa shape index (κ3) is 4.00. The van der Waals surface area contributed by atoms with Crippen LogP contribution in [-0.4, -0.2) is 37.2 Å². The second kappa shape index (κ2) is 8.91. The molecule has 2 aromatic carbocycles. The number of allylic oxidation sites excluding steroid dienone is 2. The van der Waals surface area contributed by atoms with E-state index < -0.39 is 17.9 Å². The molecule has 0 fully saturated rings. The molecular formula is C23H19NO6. The monoisotopic (exact) mass is 405 g/mol. The number of rotatable bonds is 5. The van der Waals surface area contributed by atoms with Crippen molar-refractivity contribution in [1.82, 2.24) is 0 Å². The average molecular weight is 405 g/mol. The van der Waals surface area contributed by atoms with E-state index in [9.17, 15) is 19.5 Å². The smallest absolute Gasteiger partial charge is 0.355 e. The first kappa shape index (κ1) is 20.6. The number of anilines is 1. The van der Waals surface area contributed by atoms with Gasteiger partial charge in [-0.3, -0.25) is 0 Å². The molecule has 0 atom stereocenters. The number of esters is 2. The summed E-state index contributed by atoms with van der Waals surface area (Å²) in [5.41, 5.74) is 2.09. The Morgan fingerprint density at radius 1 is 0.867 bits per heavy atom. The van der Waals surface area contributed by atoms with E-state index in [1.807, 2.05) is 0 Å². The van der Waals surface area contributed by atoms with Crippen molar-refractivity contribution in [1.29, 1.82) is 0 Å². The quantitative estimate of drug-likeness (QED) is 0.761. The summed E-state index contributed by atoms with van der Waals surface area (Å²) in [6.07, 6.45) is 6.39. The lowest BCUT2D eigenvalue weighted by atomic mass is 9.99. The van der Waals surface area contributed by atoms with Gasteiger partial charge in [-0.05, 0) is 41.5 Å². The predicted octanol–water partition coefficient (Wildman–Crippen LogP) is 3.54. The van der Waals surface area contributed by atoms with Crippen LogP contribution in [0.4, 0.5) is 5.69 Å². The molecule has 0 aliphatic carbocycles. The van der Waals surface area contributed by atoms with Gasteiger partial charge in [-0.25, -0.2) is 14.4 Å². The van der Waals surface area contributed by atoms with Gasteiger partial charge < -0.3 is 19.5 Å². The third-order valence-electron chi connectivity index (χ3n) is 4.50. The molecule has 1 N–H and O–H groups in total. The van der Waals surface area contributed by atoms with Crippen molar-refractivity contribution >= 4 is 23.6 Å². The van der Waals surface area contributed by atoms with E-state index in [0.29, 0.717) is 16.8 Å². The van der Waals surface area contributed by atoms with E-state index in [0.717, 1.165) is 0 Å². The first-order valence-electron chi connectivity index (χ1n) is 8.95. The summed E-state index contributed by atoms with van der Waals surface area (Å²) in [5.74, 6) is -2.39. The van der Waals surface area contributed by atoms with Gasteiger partial charge in [-0.15, -0.1) is 0 Å². The number of ether oxygens (including phenoxy) is 2. The maximum Gasteiger partial charge on any atom is 0.355 e. The Balaban J connectivity index is 2.07. The number of hydrogen-bond donors (Lipinski definition) is 1. The van der Waals surface area contributed by atoms with Gasteiger partial charge in [-0.2, -0.15) is 0 Å². The molecule has 3 rings (SSSR count). The van der Waals surface area contributed by atoms with E-state index in [2.05, 4.69) is 0 Å². The van der Waals surface area contributed by atoms with Crippen LogP contribution in [0.1, 0.15) is 10.4 Å². The largest absolute Gasteiger partial charge is 0.478 e. The first-order valence-corrected chi connectivity index (χ1v) is 8.95. The van der Waals surface area contributed by atoms with Crippen molar-refractivity contribution in [3.05, 3.63) is 89.8 Å². The summed E-state index contributed by atoms with van der Waals surface area (Å²) in [7, 11) is 2.46. The third-order valence-corrected chi connectivity index (χ3v) is 4.50. The van der Waals surface area contributed by atoms with Gasteiger partial charge in [0, 0.05) is 11.9 Å². The maximum absolute atomic E-state index is 12.5. The molecule has 1 aliphatic heterocycles. The number of hydrogen-bond acceptors (Lipinski definition) is 6. The van der Waals surface area contributed by atoms with Gasteiger partial charge in [0.1, 0.15) is 5.70 Å². The van der Waals surface area contributed by atoms with Crippen LogP contribution in [0, 0.1) is 0 Å². The molecule has 0 saturated heterocycles. The van der Waals surface area contributed by atoms with Gasteiger partial charge in [-0.1, -0.05) is 36.4 Å². The number of benzene rings is 2. The zero-order valence-corrected chi connectivity index (χ0v) is 16.4. The molecule has 0 bridgehead atoms. The topological polar surface area (TPSA) is 93.1 Å². The van der Waals surface area contributed by atoms with Crippen LogP contribution < -0.4 is 4.90 Å². The summed E-state index contributed by atoms with van der Waals surface area (Å²) in [5, 5.41) is 9.42. The summed E-state index contributed by atoms with van der Waals surface area (Å²) >= 11 is 0. The predicted molar refractivity (Wildman–Crippen MR) is 111 cm³/mol. The highest BCUT2D eigenvalue weighted by Crippen LogP contribution is 2.30. The summed E-state index contributed by atoms with van der Waals surface area (Å²) in [4.78, 5) is 37.7. The second-order valence-electron chi connectivity index (χ2n) is 6.21. The molecule has 2 aromatic rings.